The molecule has 0 aliphatic carbocycles. The fraction of sp³-hybridized carbons (Fsp3) is 0.581. The number of nitrogens with one attached hydrogen (secondary N) is 9. The van der Waals surface area contributed by atoms with Gasteiger partial charge in [0.2, 0.25) is 88.4 Å². The largest absolute Gasteiger partial charge is 0.497 e. The summed E-state index contributed by atoms with van der Waals surface area (Å²) in [4.78, 5) is 261. The minimum absolute atomic E-state index is 0.00386. The minimum atomic E-state index is -2.08. The number of aliphatic carboxylic acids is 2. The van der Waals surface area contributed by atoms with Gasteiger partial charge in [-0.05, 0) is 136 Å². The number of fused-ring (bicyclic) bond motifs is 4. The Hall–Kier alpha value is -12.6. The van der Waals surface area contributed by atoms with Crippen molar-refractivity contribution >= 4 is 122 Å². The Balaban J connectivity index is 1.03. The van der Waals surface area contributed by atoms with Gasteiger partial charge in [-0.3, -0.25) is 86.4 Å². The Morgan fingerprint density at radius 2 is 1.09 bits per heavy atom. The van der Waals surface area contributed by atoms with Crippen molar-refractivity contribution in [2.45, 2.75) is 280 Å². The van der Waals surface area contributed by atoms with E-state index in [1.54, 1.807) is 107 Å². The van der Waals surface area contributed by atoms with Crippen molar-refractivity contribution in [2.24, 2.45) is 29.0 Å². The molecule has 724 valence electrons. The molecule has 1 spiro atoms. The number of benzene rings is 3. The number of H-pyrrole nitrogens is 1. The first-order valence-corrected chi connectivity index (χ1v) is 46.2. The van der Waals surface area contributed by atoms with E-state index in [-0.39, 0.29) is 121 Å². The molecule has 133 heavy (non-hydrogen) atoms. The van der Waals surface area contributed by atoms with Gasteiger partial charge in [-0.1, -0.05) is 116 Å². The molecule has 5 fully saturated rings. The number of primary amides is 1. The lowest BCUT2D eigenvalue weighted by atomic mass is 9.97. The van der Waals surface area contributed by atoms with Crippen molar-refractivity contribution in [1.29, 1.82) is 0 Å². The van der Waals surface area contributed by atoms with E-state index in [1.807, 2.05) is 13.8 Å². The molecular formula is C93H131N19O21. The second-order valence-electron chi connectivity index (χ2n) is 36.3. The summed E-state index contributed by atoms with van der Waals surface area (Å²) >= 11 is 0. The molecule has 40 heteroatoms. The summed E-state index contributed by atoms with van der Waals surface area (Å²) in [6.45, 7) is 8.72. The van der Waals surface area contributed by atoms with Crippen LogP contribution in [0, 0.1) is 11.8 Å². The van der Waals surface area contributed by atoms with Crippen molar-refractivity contribution in [1.82, 2.24) is 81.5 Å². The van der Waals surface area contributed by atoms with Gasteiger partial charge < -0.3 is 114 Å². The van der Waals surface area contributed by atoms with Gasteiger partial charge in [-0.2, -0.15) is 0 Å². The lowest BCUT2D eigenvalue weighted by Crippen LogP contribution is -2.62. The zero-order valence-corrected chi connectivity index (χ0v) is 77.2. The van der Waals surface area contributed by atoms with E-state index in [1.165, 1.54) is 41.8 Å². The molecule has 0 unspecified atom stereocenters. The molecule has 0 bridgehead atoms. The predicted octanol–water partition coefficient (Wildman–Crippen LogP) is 0.572. The van der Waals surface area contributed by atoms with Gasteiger partial charge >= 0.3 is 11.9 Å². The Kier molecular flexibility index (Phi) is 36.0. The van der Waals surface area contributed by atoms with Crippen molar-refractivity contribution in [3.05, 3.63) is 102 Å². The van der Waals surface area contributed by atoms with Crippen molar-refractivity contribution < 1.29 is 102 Å². The van der Waals surface area contributed by atoms with Crippen LogP contribution in [0.15, 0.2) is 85.2 Å². The smallest absolute Gasteiger partial charge is 0.323 e. The number of unbranched alkanes of at least 4 members (excludes halogenated alkanes) is 2. The van der Waals surface area contributed by atoms with Crippen LogP contribution in [-0.4, -0.2) is 299 Å². The zero-order chi connectivity index (χ0) is 97.0. The number of carboxylic acid groups (broad SMARTS) is 2. The number of aromatic amines is 1. The number of methoxy groups -OCH3 is 1. The van der Waals surface area contributed by atoms with E-state index < -0.39 is 223 Å². The lowest BCUT2D eigenvalue weighted by Gasteiger charge is -2.38. The second kappa shape index (κ2) is 46.7. The van der Waals surface area contributed by atoms with E-state index in [0.29, 0.717) is 82.8 Å². The van der Waals surface area contributed by atoms with Crippen LogP contribution < -0.4 is 64.5 Å². The molecule has 15 atom stereocenters. The molecule has 5 aliphatic rings. The van der Waals surface area contributed by atoms with Gasteiger partial charge in [0.15, 0.2) is 0 Å². The summed E-state index contributed by atoms with van der Waals surface area (Å²) in [5.41, 5.74) is 19.0. The van der Waals surface area contributed by atoms with Crippen molar-refractivity contribution in [3.8, 4) is 5.75 Å². The molecule has 0 saturated carbocycles. The number of nitrogens with zero attached hydrogens (tertiary/aromatic N) is 7. The monoisotopic (exact) mass is 1850 g/mol. The standard InChI is InChI=1S/C93H131N19O21/c1-10-12-26-71-83(123)101-64(40-52(3)4)81(121)99-62(79(96)119)25-20-31-76(114)98-66(42-54-32-34-58(133-9)35-33-54)88(128)109-38-19-18-29-72(109)84(124)104-68(45-77(115)116)89(129)110-39-21-30-73(110)85(125)105-69(47-95)82(122)102-65(41-53(5)6)90(130)111-50-57(113)46-93(111)92(132)112(93)75(44-55-48-97-61-24-16-14-22-59(55)61)86(126)100-63(36-37-94)80(120)103-67(87(127)107(8)74(27-13-11-2)91(131)106(71)7)43-56-49-108(51-78(117)118)70-28-17-15-23-60(56)70/h14-17,22-24,28,32-35,48-49,52-53,57,62-69,71-75,97,113H,10-13,18-21,25-27,29-31,36-47,50-51,94-95H2,1-9H3,(H2,96,119)(H,98,114)(H,99,121)(H,100,126)(H,101,123)(H,102,122)(H,103,120)(H,104,124)(H,105,125)(H,115,116)(H,117,118)/t57-,62+,63+,64+,65+,66+,67+,68+,69+,71+,72+,73+,74+,75+,93-,112?/m1/s1. The number of carboxylic acids is 2. The number of likely N-dealkylation sites (N-methyl/N-ethyl adjacent to an activating group) is 2. The molecule has 10 rings (SSSR count). The maximum Gasteiger partial charge on any atom is 0.323 e. The highest BCUT2D eigenvalue weighted by Gasteiger charge is 2.74. The predicted molar refractivity (Wildman–Crippen MR) is 486 cm³/mol. The maximum absolute atomic E-state index is 16.0. The van der Waals surface area contributed by atoms with Crippen LogP contribution in [0.4, 0.5) is 0 Å². The zero-order valence-electron chi connectivity index (χ0n) is 77.2. The van der Waals surface area contributed by atoms with Crippen LogP contribution in [0.5, 0.6) is 5.75 Å². The van der Waals surface area contributed by atoms with Crippen molar-refractivity contribution in [3.63, 3.8) is 0 Å². The van der Waals surface area contributed by atoms with E-state index >= 15 is 38.4 Å². The summed E-state index contributed by atoms with van der Waals surface area (Å²) in [5.74, 6) is -16.1. The van der Waals surface area contributed by atoms with E-state index in [2.05, 4.69) is 47.5 Å². The number of ether oxygens (including phenoxy) is 1. The number of aliphatic hydroxyl groups is 1. The number of amides is 15. The topological polar surface area (TPSA) is 574 Å². The molecule has 5 aliphatic heterocycles. The fourth-order valence-electron chi connectivity index (χ4n) is 18.7. The average molecular weight is 1850 g/mol. The fourth-order valence-corrected chi connectivity index (χ4v) is 18.7. The number of aromatic nitrogens is 2. The first-order chi connectivity index (χ1) is 63.4. The van der Waals surface area contributed by atoms with Crippen LogP contribution in [0.25, 0.3) is 21.8 Å². The molecule has 5 saturated heterocycles. The Labute approximate surface area is 772 Å². The average Bonchev–Trinajstić information content (AvgIpc) is 1.51. The van der Waals surface area contributed by atoms with Crippen LogP contribution in [0.3, 0.4) is 0 Å². The number of hydrogen-bond donors (Lipinski definition) is 15. The van der Waals surface area contributed by atoms with Gasteiger partial charge in [-0.15, -0.1) is 0 Å². The Morgan fingerprint density at radius 3 is 1.72 bits per heavy atom. The first-order valence-electron chi connectivity index (χ1n) is 46.2. The molecule has 15 amide bonds. The molecule has 40 nitrogen and oxygen atoms in total. The van der Waals surface area contributed by atoms with Gasteiger partial charge in [0.05, 0.1) is 19.6 Å². The first kappa shape index (κ1) is 103. The molecule has 18 N–H and O–H groups in total. The van der Waals surface area contributed by atoms with E-state index in [0.717, 1.165) is 19.6 Å². The molecule has 3 aromatic carbocycles. The van der Waals surface area contributed by atoms with Crippen LogP contribution >= 0.6 is 0 Å². The normalized spacial score (nSPS) is 26.4. The second-order valence-corrected chi connectivity index (χ2v) is 36.3. The van der Waals surface area contributed by atoms with Crippen molar-refractivity contribution in [2.75, 3.05) is 53.9 Å². The number of rotatable bonds is 25. The molecule has 0 radical (unpaired) electrons. The maximum atomic E-state index is 16.0. The summed E-state index contributed by atoms with van der Waals surface area (Å²) in [7, 11) is 4.20. The van der Waals surface area contributed by atoms with Gasteiger partial charge in [0.25, 0.3) is 5.91 Å². The lowest BCUT2D eigenvalue weighted by molar-refractivity contribution is -0.149. The van der Waals surface area contributed by atoms with Crippen LogP contribution in [0.1, 0.15) is 180 Å². The summed E-state index contributed by atoms with van der Waals surface area (Å²) in [6, 6.07) is 0.903. The van der Waals surface area contributed by atoms with Crippen LogP contribution in [-0.2, 0) is 107 Å². The molecule has 2 aromatic heterocycles. The number of aliphatic hydroxyl groups excluding tert-OH is 1. The molecule has 7 heterocycles. The summed E-state index contributed by atoms with van der Waals surface area (Å²) in [6.07, 6.45) is 1.08. The third kappa shape index (κ3) is 25.2. The highest BCUT2D eigenvalue weighted by molar-refractivity contribution is 6.10. The number of nitrogens with two attached hydrogens (primary N) is 3. The molecular weight excluding hydrogens is 1720 g/mol. The van der Waals surface area contributed by atoms with Crippen LogP contribution in [0.2, 0.25) is 0 Å². The number of carbonyl (C=O) groups excluding carboxylic acids is 15. The number of piperidine rings is 1. The Bertz CT molecular complexity index is 5080. The third-order valence-electron chi connectivity index (χ3n) is 25.7. The molecule has 5 aromatic rings. The number of para-hydroxylation sites is 2. The Morgan fingerprint density at radius 1 is 0.534 bits per heavy atom. The summed E-state index contributed by atoms with van der Waals surface area (Å²) in [5, 5.41) is 55.2. The van der Waals surface area contributed by atoms with E-state index in [9.17, 15) is 58.5 Å². The van der Waals surface area contributed by atoms with E-state index in [4.69, 9.17) is 21.9 Å². The quantitative estimate of drug-likeness (QED) is 0.0355. The highest BCUT2D eigenvalue weighted by Crippen LogP contribution is 2.49. The SMILES string of the molecule is CCCC[C@H]1C(=O)N(C)[C@@H](CCCC)C(=O)N[C@@H](CC(C)C)C(=O)N[C@H](C(N)=O)CCCC(=O)N[C@@H](Cc2ccc(OC)cc2)C(=O)N2CCCC[C@H]2C(=O)N[C@@H](CC(=O)O)C(=O)N2CCC[C@H]2C(=O)N[C@@H](CN)C(=O)N[C@@H](CC(C)C)C(=O)N2C[C@H](O)C[C@@]23C(=O)N3[C@@H](Cc2c[nH]c3ccccc23)C(=O)N[C@@H](CCN)C(=O)N[C@@H](Cc2cn(CC(=O)O)c3ccccc23)C(=O)N1C. The number of hydrogen-bond acceptors (Lipinski definition) is 21. The summed E-state index contributed by atoms with van der Waals surface area (Å²) < 4.78 is 6.82. The minimum Gasteiger partial charge on any atom is -0.497 e. The van der Waals surface area contributed by atoms with Gasteiger partial charge in [0.1, 0.15) is 90.8 Å². The number of carbonyl (C=O) groups is 17. The van der Waals surface area contributed by atoms with Gasteiger partial charge in [0, 0.05) is 107 Å². The van der Waals surface area contributed by atoms with Gasteiger partial charge in [-0.25, -0.2) is 0 Å². The highest BCUT2D eigenvalue weighted by atomic mass is 16.5. The third-order valence-corrected chi connectivity index (χ3v) is 25.7.